The molecule has 1 N–H and O–H groups in total. The maximum atomic E-state index is 12.0. The quantitative estimate of drug-likeness (QED) is 0.607. The summed E-state index contributed by atoms with van der Waals surface area (Å²) in [6.45, 7) is 8.15. The second kappa shape index (κ2) is 6.89. The molecule has 2 atom stereocenters. The molecule has 2 heterocycles. The molecule has 2 rings (SSSR count). The minimum absolute atomic E-state index is 0.322. The molecule has 0 aliphatic carbocycles. The molecule has 0 aromatic rings. The number of ether oxygens (including phenoxy) is 3. The molecule has 2 saturated heterocycles. The number of carbonyl (C=O) groups is 1. The molecule has 7 heteroatoms. The molecule has 120 valence electrons. The molecular weight excluding hydrogens is 292 g/mol. The third-order valence-corrected chi connectivity index (χ3v) is 3.78. The average Bonchev–Trinajstić information content (AvgIpc) is 2.93. The summed E-state index contributed by atoms with van der Waals surface area (Å²) in [7, 11) is 0. The minimum atomic E-state index is -0.772. The van der Waals surface area contributed by atoms with Crippen LogP contribution in [-0.4, -0.2) is 54.8 Å². The first-order chi connectivity index (χ1) is 9.88. The summed E-state index contributed by atoms with van der Waals surface area (Å²) in [6.07, 6.45) is 0.961. The highest BCUT2D eigenvalue weighted by Crippen LogP contribution is 2.20. The van der Waals surface area contributed by atoms with Crippen LogP contribution in [0.15, 0.2) is 0 Å². The molecule has 2 aliphatic rings. The van der Waals surface area contributed by atoms with Crippen molar-refractivity contribution in [2.75, 3.05) is 26.3 Å². The van der Waals surface area contributed by atoms with Crippen molar-refractivity contribution in [3.63, 3.8) is 0 Å². The van der Waals surface area contributed by atoms with E-state index < -0.39 is 17.9 Å². The van der Waals surface area contributed by atoms with Gasteiger partial charge in [-0.15, -0.1) is 0 Å². The number of carbonyl (C=O) groups excluding carboxylic acids is 1. The Kier molecular flexibility index (Phi) is 5.40. The molecule has 0 bridgehead atoms. The first kappa shape index (κ1) is 16.5. The van der Waals surface area contributed by atoms with Crippen LogP contribution in [0.25, 0.3) is 0 Å². The Morgan fingerprint density at radius 2 is 1.86 bits per heavy atom. The fourth-order valence-electron chi connectivity index (χ4n) is 2.13. The lowest BCUT2D eigenvalue weighted by molar-refractivity contribution is -0.250. The van der Waals surface area contributed by atoms with Crippen LogP contribution in [0.3, 0.4) is 0 Å². The van der Waals surface area contributed by atoms with E-state index in [2.05, 4.69) is 10.2 Å². The molecule has 0 aromatic carbocycles. The Bertz CT molecular complexity index is 391. The lowest BCUT2D eigenvalue weighted by Gasteiger charge is -2.34. The van der Waals surface area contributed by atoms with Gasteiger partial charge in [-0.2, -0.15) is 0 Å². The van der Waals surface area contributed by atoms with E-state index in [1.165, 1.54) is 0 Å². The predicted molar refractivity (Wildman–Crippen MR) is 81.6 cm³/mol. The summed E-state index contributed by atoms with van der Waals surface area (Å²) in [5.41, 5.74) is -0.583. The summed E-state index contributed by atoms with van der Waals surface area (Å²) in [6, 6.07) is 0. The van der Waals surface area contributed by atoms with Crippen LogP contribution in [0, 0.1) is 5.41 Å². The molecule has 0 aromatic heterocycles. The van der Waals surface area contributed by atoms with Crippen LogP contribution >= 0.6 is 12.2 Å². The zero-order chi connectivity index (χ0) is 15.5. The number of nitrogens with zero attached hydrogens (tertiary/aromatic N) is 1. The van der Waals surface area contributed by atoms with Crippen molar-refractivity contribution in [3.8, 4) is 0 Å². The lowest BCUT2D eigenvalue weighted by atomic mass is 9.97. The van der Waals surface area contributed by atoms with Gasteiger partial charge in [0.2, 0.25) is 6.29 Å². The Balaban J connectivity index is 1.92. The van der Waals surface area contributed by atoms with Crippen molar-refractivity contribution in [2.45, 2.75) is 46.1 Å². The topological polar surface area (TPSA) is 60.0 Å². The van der Waals surface area contributed by atoms with Gasteiger partial charge in [-0.05, 0) is 45.8 Å². The average molecular weight is 316 g/mol. The highest BCUT2D eigenvalue weighted by Gasteiger charge is 2.35. The van der Waals surface area contributed by atoms with Gasteiger partial charge in [0.15, 0.2) is 11.3 Å². The van der Waals surface area contributed by atoms with Crippen molar-refractivity contribution >= 4 is 23.3 Å². The maximum absolute atomic E-state index is 12.0. The van der Waals surface area contributed by atoms with Crippen LogP contribution in [0.2, 0.25) is 0 Å². The van der Waals surface area contributed by atoms with E-state index in [9.17, 15) is 4.79 Å². The zero-order valence-electron chi connectivity index (χ0n) is 12.9. The lowest BCUT2D eigenvalue weighted by Crippen LogP contribution is -2.55. The van der Waals surface area contributed by atoms with Crippen molar-refractivity contribution in [1.29, 1.82) is 0 Å². The third kappa shape index (κ3) is 4.52. The zero-order valence-corrected chi connectivity index (χ0v) is 13.7. The van der Waals surface area contributed by atoms with Gasteiger partial charge in [-0.25, -0.2) is 0 Å². The van der Waals surface area contributed by atoms with E-state index in [0.29, 0.717) is 18.3 Å². The fraction of sp³-hybridized carbons (Fsp3) is 0.857. The maximum Gasteiger partial charge on any atom is 0.313 e. The monoisotopic (exact) mass is 316 g/mol. The van der Waals surface area contributed by atoms with Crippen molar-refractivity contribution in [2.24, 2.45) is 5.41 Å². The summed E-state index contributed by atoms with van der Waals surface area (Å²) >= 11 is 5.37. The van der Waals surface area contributed by atoms with E-state index in [1.54, 1.807) is 20.8 Å². The predicted octanol–water partition coefficient (Wildman–Crippen LogP) is 1.24. The first-order valence-corrected chi connectivity index (χ1v) is 7.78. The second-order valence-corrected chi connectivity index (χ2v) is 6.72. The summed E-state index contributed by atoms with van der Waals surface area (Å²) < 4.78 is 16.5. The van der Waals surface area contributed by atoms with Gasteiger partial charge in [-0.3, -0.25) is 4.79 Å². The highest BCUT2D eigenvalue weighted by atomic mass is 32.1. The second-order valence-electron chi connectivity index (χ2n) is 6.33. The summed E-state index contributed by atoms with van der Waals surface area (Å²) in [5.74, 6) is -0.322. The standard InChI is InChI=1S/C14H24N2O4S/c1-14(2,3)12(17)20-11-10(18-8-9-19-11)15-13(21)16-6-4-5-7-16/h10-11H,4-9H2,1-3H3,(H,15,21)/t10-,11-/m0/s1. The minimum Gasteiger partial charge on any atom is -0.430 e. The molecule has 2 fully saturated rings. The van der Waals surface area contributed by atoms with Crippen molar-refractivity contribution < 1.29 is 19.0 Å². The van der Waals surface area contributed by atoms with E-state index in [-0.39, 0.29) is 5.97 Å². The number of rotatable bonds is 2. The van der Waals surface area contributed by atoms with Gasteiger partial charge in [0, 0.05) is 13.1 Å². The number of hydrogen-bond donors (Lipinski definition) is 1. The van der Waals surface area contributed by atoms with E-state index >= 15 is 0 Å². The molecule has 0 saturated carbocycles. The largest absolute Gasteiger partial charge is 0.430 e. The van der Waals surface area contributed by atoms with Gasteiger partial charge < -0.3 is 24.4 Å². The summed E-state index contributed by atoms with van der Waals surface area (Å²) in [5, 5.41) is 3.73. The molecule has 0 amide bonds. The van der Waals surface area contributed by atoms with Crippen molar-refractivity contribution in [1.82, 2.24) is 10.2 Å². The van der Waals surface area contributed by atoms with E-state index in [0.717, 1.165) is 25.9 Å². The number of hydrogen-bond acceptors (Lipinski definition) is 5. The summed E-state index contributed by atoms with van der Waals surface area (Å²) in [4.78, 5) is 14.1. The Labute approximate surface area is 131 Å². The smallest absolute Gasteiger partial charge is 0.313 e. The van der Waals surface area contributed by atoms with Crippen LogP contribution in [0.1, 0.15) is 33.6 Å². The number of nitrogens with one attached hydrogen (secondary N) is 1. The molecule has 2 aliphatic heterocycles. The normalized spacial score (nSPS) is 26.5. The van der Waals surface area contributed by atoms with Gasteiger partial charge in [0.05, 0.1) is 18.6 Å². The fourth-order valence-corrected chi connectivity index (χ4v) is 2.43. The number of esters is 1. The van der Waals surface area contributed by atoms with E-state index in [1.807, 2.05) is 0 Å². The Hall–Kier alpha value is -0.920. The molecule has 6 nitrogen and oxygen atoms in total. The van der Waals surface area contributed by atoms with Crippen LogP contribution < -0.4 is 5.32 Å². The van der Waals surface area contributed by atoms with Gasteiger partial charge in [0.25, 0.3) is 0 Å². The number of thiocarbonyl (C=S) groups is 1. The Morgan fingerprint density at radius 1 is 1.24 bits per heavy atom. The number of likely N-dealkylation sites (tertiary alicyclic amines) is 1. The molecule has 0 radical (unpaired) electrons. The molecule has 0 unspecified atom stereocenters. The van der Waals surface area contributed by atoms with Crippen LogP contribution in [-0.2, 0) is 19.0 Å². The first-order valence-electron chi connectivity index (χ1n) is 7.37. The molecule has 21 heavy (non-hydrogen) atoms. The molecular formula is C14H24N2O4S. The van der Waals surface area contributed by atoms with Crippen molar-refractivity contribution in [3.05, 3.63) is 0 Å². The molecule has 0 spiro atoms. The Morgan fingerprint density at radius 3 is 2.48 bits per heavy atom. The third-order valence-electron chi connectivity index (χ3n) is 3.40. The SMILES string of the molecule is CC(C)(C)C(=O)O[C@@H]1OCCO[C@@H]1NC(=S)N1CCCC1. The van der Waals surface area contributed by atoms with Crippen LogP contribution in [0.4, 0.5) is 0 Å². The highest BCUT2D eigenvalue weighted by molar-refractivity contribution is 7.80. The van der Waals surface area contributed by atoms with Gasteiger partial charge in [0.1, 0.15) is 0 Å². The van der Waals surface area contributed by atoms with Crippen LogP contribution in [0.5, 0.6) is 0 Å². The van der Waals surface area contributed by atoms with Gasteiger partial charge >= 0.3 is 5.97 Å². The van der Waals surface area contributed by atoms with E-state index in [4.69, 9.17) is 26.4 Å². The van der Waals surface area contributed by atoms with Gasteiger partial charge in [-0.1, -0.05) is 0 Å².